The Balaban J connectivity index is 1.93. The van der Waals surface area contributed by atoms with E-state index in [1.54, 1.807) is 0 Å². The van der Waals surface area contributed by atoms with Crippen LogP contribution in [-0.4, -0.2) is 32.6 Å². The van der Waals surface area contributed by atoms with E-state index in [1.165, 1.54) is 0 Å². The molecule has 0 aliphatic rings. The van der Waals surface area contributed by atoms with Crippen LogP contribution < -0.4 is 10.1 Å². The van der Waals surface area contributed by atoms with Gasteiger partial charge >= 0.3 is 18.5 Å². The second-order valence-corrected chi connectivity index (χ2v) is 5.75. The summed E-state index contributed by atoms with van der Waals surface area (Å²) in [6.45, 7) is -1.94. The molecule has 0 bridgehead atoms. The minimum absolute atomic E-state index is 0.264. The van der Waals surface area contributed by atoms with Crippen molar-refractivity contribution >= 4 is 17.2 Å². The highest BCUT2D eigenvalue weighted by Crippen LogP contribution is 2.39. The Labute approximate surface area is 160 Å². The fourth-order valence-electron chi connectivity index (χ4n) is 2.29. The summed E-state index contributed by atoms with van der Waals surface area (Å²) in [5, 5.41) is 12.2. The van der Waals surface area contributed by atoms with Crippen LogP contribution in [-0.2, 0) is 12.4 Å². The highest BCUT2D eigenvalue weighted by molar-refractivity contribution is 5.60. The molecule has 0 spiro atoms. The van der Waals surface area contributed by atoms with E-state index in [0.29, 0.717) is 16.6 Å². The fourth-order valence-corrected chi connectivity index (χ4v) is 2.29. The van der Waals surface area contributed by atoms with Crippen LogP contribution in [0.25, 0.3) is 5.65 Å². The largest absolute Gasteiger partial charge is 0.483 e. The van der Waals surface area contributed by atoms with Gasteiger partial charge in [-0.1, -0.05) is 0 Å². The van der Waals surface area contributed by atoms with Crippen LogP contribution in [0.1, 0.15) is 11.4 Å². The van der Waals surface area contributed by atoms with E-state index in [1.807, 2.05) is 0 Å². The van der Waals surface area contributed by atoms with Crippen molar-refractivity contribution in [2.75, 3.05) is 11.9 Å². The molecular weight excluding hydrogens is 437 g/mol. The number of nitrogens with one attached hydrogen (secondary N) is 1. The molecule has 6 nitrogen and oxygen atoms in total. The van der Waals surface area contributed by atoms with Crippen molar-refractivity contribution in [2.45, 2.75) is 18.5 Å². The quantitative estimate of drug-likeness (QED) is 0.582. The number of anilines is 2. The first-order valence-electron chi connectivity index (χ1n) is 7.71. The summed E-state index contributed by atoms with van der Waals surface area (Å²) < 4.78 is 119. The van der Waals surface area contributed by atoms with Gasteiger partial charge in [0.25, 0.3) is 5.82 Å². The maximum atomic E-state index is 13.2. The van der Waals surface area contributed by atoms with Gasteiger partial charge in [-0.2, -0.15) is 44.0 Å². The normalized spacial score (nSPS) is 13.0. The Morgan fingerprint density at radius 2 is 1.57 bits per heavy atom. The molecule has 0 amide bonds. The van der Waals surface area contributed by atoms with Crippen LogP contribution in [0.3, 0.4) is 0 Å². The first kappa shape index (κ1) is 21.4. The standard InChI is InChI=1S/C15H8F9N5O/c16-13(17,18)6-30-9-2-1-7(5-8(9)14(19,20)21)25-10-3-4-11-26-27-12(15(22,23)24)29(11)28-10/h1-5H,6H2,(H,25,28). The van der Waals surface area contributed by atoms with Gasteiger partial charge in [0.2, 0.25) is 0 Å². The first-order valence-corrected chi connectivity index (χ1v) is 7.71. The van der Waals surface area contributed by atoms with E-state index in [4.69, 9.17) is 0 Å². The molecule has 3 aromatic rings. The molecule has 1 N–H and O–H groups in total. The molecule has 0 atom stereocenters. The van der Waals surface area contributed by atoms with Gasteiger partial charge in [0.1, 0.15) is 5.75 Å². The van der Waals surface area contributed by atoms with Gasteiger partial charge in [-0.25, -0.2) is 0 Å². The zero-order valence-corrected chi connectivity index (χ0v) is 14.2. The molecule has 15 heteroatoms. The van der Waals surface area contributed by atoms with Crippen molar-refractivity contribution in [3.63, 3.8) is 0 Å². The second kappa shape index (κ2) is 7.21. The van der Waals surface area contributed by atoms with Crippen LogP contribution in [0.15, 0.2) is 30.3 Å². The smallest absolute Gasteiger partial charge is 0.453 e. The van der Waals surface area contributed by atoms with Gasteiger partial charge in [0, 0.05) is 5.69 Å². The number of aromatic nitrogens is 4. The summed E-state index contributed by atoms with van der Waals surface area (Å²) in [7, 11) is 0. The molecule has 2 heterocycles. The lowest BCUT2D eigenvalue weighted by Gasteiger charge is -2.16. The zero-order chi connectivity index (χ0) is 22.3. The molecule has 0 radical (unpaired) electrons. The van der Waals surface area contributed by atoms with Crippen molar-refractivity contribution in [1.82, 2.24) is 19.8 Å². The molecule has 3 rings (SSSR count). The van der Waals surface area contributed by atoms with Gasteiger partial charge in [-0.05, 0) is 30.3 Å². The molecule has 0 fully saturated rings. The van der Waals surface area contributed by atoms with Crippen LogP contribution in [0.5, 0.6) is 5.75 Å². The average Bonchev–Trinajstić information content (AvgIpc) is 3.02. The Morgan fingerprint density at radius 1 is 0.867 bits per heavy atom. The molecule has 0 aliphatic carbocycles. The topological polar surface area (TPSA) is 64.3 Å². The Morgan fingerprint density at radius 3 is 2.17 bits per heavy atom. The number of nitrogens with zero attached hydrogens (tertiary/aromatic N) is 4. The highest BCUT2D eigenvalue weighted by atomic mass is 19.4. The summed E-state index contributed by atoms with van der Waals surface area (Å²) in [5.74, 6) is -2.81. The highest BCUT2D eigenvalue weighted by Gasteiger charge is 2.38. The Bertz CT molecular complexity index is 1060. The minimum atomic E-state index is -5.06. The van der Waals surface area contributed by atoms with E-state index < -0.39 is 42.3 Å². The Kier molecular flexibility index (Phi) is 5.16. The summed E-state index contributed by atoms with van der Waals surface area (Å²) in [6, 6.07) is 4.25. The number of ether oxygens (including phenoxy) is 1. The monoisotopic (exact) mass is 445 g/mol. The molecular formula is C15H8F9N5O. The van der Waals surface area contributed by atoms with Gasteiger partial charge in [-0.3, -0.25) is 0 Å². The number of hydrogen-bond acceptors (Lipinski definition) is 5. The lowest BCUT2D eigenvalue weighted by molar-refractivity contribution is -0.158. The number of alkyl halides is 9. The molecule has 2 aromatic heterocycles. The van der Waals surface area contributed by atoms with Crippen molar-refractivity contribution < 1.29 is 44.3 Å². The predicted octanol–water partition coefficient (Wildman–Crippen LogP) is 4.85. The van der Waals surface area contributed by atoms with Crippen molar-refractivity contribution in [2.24, 2.45) is 0 Å². The van der Waals surface area contributed by atoms with E-state index in [-0.39, 0.29) is 17.2 Å². The lowest BCUT2D eigenvalue weighted by Crippen LogP contribution is -2.21. The number of halogens is 9. The van der Waals surface area contributed by atoms with E-state index in [2.05, 4.69) is 25.3 Å². The number of fused-ring (bicyclic) bond motifs is 1. The molecule has 162 valence electrons. The van der Waals surface area contributed by atoms with Crippen molar-refractivity contribution in [3.8, 4) is 5.75 Å². The number of hydrogen-bond donors (Lipinski definition) is 1. The van der Waals surface area contributed by atoms with Crippen LogP contribution >= 0.6 is 0 Å². The third-order valence-corrected chi connectivity index (χ3v) is 3.47. The summed E-state index contributed by atoms with van der Waals surface area (Å²) >= 11 is 0. The first-order chi connectivity index (χ1) is 13.7. The third kappa shape index (κ3) is 4.83. The molecule has 1 aromatic carbocycles. The fraction of sp³-hybridized carbons (Fsp3) is 0.267. The second-order valence-electron chi connectivity index (χ2n) is 5.75. The number of rotatable bonds is 4. The number of benzene rings is 1. The van der Waals surface area contributed by atoms with Crippen LogP contribution in [0.2, 0.25) is 0 Å². The Hall–Kier alpha value is -3.26. The zero-order valence-electron chi connectivity index (χ0n) is 14.2. The minimum Gasteiger partial charge on any atom is -0.483 e. The van der Waals surface area contributed by atoms with E-state index in [9.17, 15) is 39.5 Å². The SMILES string of the molecule is FC(F)(F)COc1ccc(Nc2ccc3nnc(C(F)(F)F)n3n2)cc1C(F)(F)F. The van der Waals surface area contributed by atoms with Crippen molar-refractivity contribution in [3.05, 3.63) is 41.7 Å². The van der Waals surface area contributed by atoms with Crippen LogP contribution in [0.4, 0.5) is 51.0 Å². The molecule has 0 saturated carbocycles. The van der Waals surface area contributed by atoms with Crippen molar-refractivity contribution in [1.29, 1.82) is 0 Å². The van der Waals surface area contributed by atoms with Gasteiger partial charge in [0.05, 0.1) is 5.56 Å². The lowest BCUT2D eigenvalue weighted by atomic mass is 10.1. The predicted molar refractivity (Wildman–Crippen MR) is 82.1 cm³/mol. The molecule has 0 aliphatic heterocycles. The van der Waals surface area contributed by atoms with Crippen LogP contribution in [0, 0.1) is 0 Å². The summed E-state index contributed by atoms with van der Waals surface area (Å²) in [5.41, 5.74) is -2.09. The maximum Gasteiger partial charge on any atom is 0.453 e. The van der Waals surface area contributed by atoms with E-state index >= 15 is 0 Å². The third-order valence-electron chi connectivity index (χ3n) is 3.47. The molecule has 0 unspecified atom stereocenters. The van der Waals surface area contributed by atoms with Gasteiger partial charge in [-0.15, -0.1) is 15.3 Å². The summed E-state index contributed by atoms with van der Waals surface area (Å²) in [4.78, 5) is 0. The maximum absolute atomic E-state index is 13.2. The molecule has 30 heavy (non-hydrogen) atoms. The summed E-state index contributed by atoms with van der Waals surface area (Å²) in [6.07, 6.45) is -14.8. The van der Waals surface area contributed by atoms with E-state index in [0.717, 1.165) is 18.2 Å². The molecule has 0 saturated heterocycles. The average molecular weight is 445 g/mol. The van der Waals surface area contributed by atoms with Gasteiger partial charge in [0.15, 0.2) is 18.1 Å². The van der Waals surface area contributed by atoms with Gasteiger partial charge < -0.3 is 10.1 Å².